The molecule has 1 aliphatic rings. The van der Waals surface area contributed by atoms with Crippen molar-refractivity contribution in [3.8, 4) is 11.3 Å². The predicted octanol–water partition coefficient (Wildman–Crippen LogP) is 4.00. The zero-order valence-corrected chi connectivity index (χ0v) is 15.4. The second-order valence-electron chi connectivity index (χ2n) is 6.97. The van der Waals surface area contributed by atoms with E-state index in [1.807, 2.05) is 24.0 Å². The van der Waals surface area contributed by atoms with Crippen LogP contribution >= 0.6 is 0 Å². The van der Waals surface area contributed by atoms with Crippen molar-refractivity contribution in [2.24, 2.45) is 7.05 Å². The fourth-order valence-corrected chi connectivity index (χ4v) is 3.63. The van der Waals surface area contributed by atoms with E-state index in [1.54, 1.807) is 6.20 Å². The molecule has 0 amide bonds. The van der Waals surface area contributed by atoms with Crippen LogP contribution in [-0.4, -0.2) is 27.9 Å². The molecular weight excluding hydrogens is 322 g/mol. The van der Waals surface area contributed by atoms with E-state index >= 15 is 0 Å². The molecule has 5 heteroatoms. The first-order chi connectivity index (χ1) is 12.7. The molecule has 1 saturated heterocycles. The SMILES string of the molecule is Cc1ccc(NCc2cn(C)nc2-c2cccnc2)cc1N1CCCC1. The first-order valence-corrected chi connectivity index (χ1v) is 9.23. The second-order valence-corrected chi connectivity index (χ2v) is 6.97. The van der Waals surface area contributed by atoms with Gasteiger partial charge in [-0.15, -0.1) is 0 Å². The van der Waals surface area contributed by atoms with Crippen molar-refractivity contribution in [2.75, 3.05) is 23.3 Å². The molecule has 0 aliphatic carbocycles. The van der Waals surface area contributed by atoms with Gasteiger partial charge in [-0.3, -0.25) is 9.67 Å². The maximum Gasteiger partial charge on any atom is 0.0988 e. The Bertz CT molecular complexity index is 879. The van der Waals surface area contributed by atoms with Gasteiger partial charge in [-0.2, -0.15) is 5.10 Å². The summed E-state index contributed by atoms with van der Waals surface area (Å²) in [7, 11) is 1.96. The van der Waals surface area contributed by atoms with Gasteiger partial charge >= 0.3 is 0 Å². The van der Waals surface area contributed by atoms with Crippen molar-refractivity contribution < 1.29 is 0 Å². The molecule has 3 aromatic rings. The quantitative estimate of drug-likeness (QED) is 0.758. The van der Waals surface area contributed by atoms with Gasteiger partial charge in [0.1, 0.15) is 0 Å². The van der Waals surface area contributed by atoms with E-state index in [0.29, 0.717) is 0 Å². The van der Waals surface area contributed by atoms with Crippen molar-refractivity contribution in [2.45, 2.75) is 26.3 Å². The summed E-state index contributed by atoms with van der Waals surface area (Å²) >= 11 is 0. The highest BCUT2D eigenvalue weighted by atomic mass is 15.3. The Balaban J connectivity index is 1.54. The van der Waals surface area contributed by atoms with Crippen molar-refractivity contribution in [3.63, 3.8) is 0 Å². The number of aromatic nitrogens is 3. The van der Waals surface area contributed by atoms with Gasteiger partial charge in [-0.1, -0.05) is 6.07 Å². The van der Waals surface area contributed by atoms with E-state index in [2.05, 4.69) is 57.7 Å². The molecule has 0 atom stereocenters. The van der Waals surface area contributed by atoms with Crippen LogP contribution in [0.25, 0.3) is 11.3 Å². The number of hydrogen-bond acceptors (Lipinski definition) is 4. The topological polar surface area (TPSA) is 46.0 Å². The molecule has 1 N–H and O–H groups in total. The number of anilines is 2. The molecule has 0 saturated carbocycles. The van der Waals surface area contributed by atoms with Crippen LogP contribution in [0.4, 0.5) is 11.4 Å². The van der Waals surface area contributed by atoms with Gasteiger partial charge in [0.05, 0.1) is 5.69 Å². The molecule has 3 heterocycles. The molecular formula is C21H25N5. The highest BCUT2D eigenvalue weighted by molar-refractivity contribution is 5.65. The van der Waals surface area contributed by atoms with E-state index in [9.17, 15) is 0 Å². The number of benzene rings is 1. The number of nitrogens with zero attached hydrogens (tertiary/aromatic N) is 4. The minimum absolute atomic E-state index is 0.737. The lowest BCUT2D eigenvalue weighted by Gasteiger charge is -2.21. The van der Waals surface area contributed by atoms with E-state index in [0.717, 1.165) is 36.6 Å². The summed E-state index contributed by atoms with van der Waals surface area (Å²) in [6, 6.07) is 10.6. The molecule has 0 unspecified atom stereocenters. The van der Waals surface area contributed by atoms with E-state index in [4.69, 9.17) is 0 Å². The average Bonchev–Trinajstić information content (AvgIpc) is 3.31. The normalized spacial score (nSPS) is 14.0. The number of nitrogens with one attached hydrogen (secondary N) is 1. The Hall–Kier alpha value is -2.82. The molecule has 1 aliphatic heterocycles. The molecule has 0 spiro atoms. The van der Waals surface area contributed by atoms with Crippen molar-refractivity contribution in [1.82, 2.24) is 14.8 Å². The number of pyridine rings is 1. The largest absolute Gasteiger partial charge is 0.381 e. The maximum atomic E-state index is 4.62. The van der Waals surface area contributed by atoms with Crippen LogP contribution in [0.5, 0.6) is 0 Å². The van der Waals surface area contributed by atoms with Crippen LogP contribution in [0, 0.1) is 6.92 Å². The first kappa shape index (κ1) is 16.6. The van der Waals surface area contributed by atoms with Crippen LogP contribution in [0.15, 0.2) is 48.9 Å². The minimum atomic E-state index is 0.737. The van der Waals surface area contributed by atoms with E-state index in [-0.39, 0.29) is 0 Å². The standard InChI is InChI=1S/C21H25N5/c1-16-7-8-19(12-20(16)26-10-3-4-11-26)23-14-18-15-25(2)24-21(18)17-6-5-9-22-13-17/h5-9,12-13,15,23H,3-4,10-11,14H2,1-2H3. The van der Waals surface area contributed by atoms with Crippen molar-refractivity contribution in [3.05, 3.63) is 60.0 Å². The van der Waals surface area contributed by atoms with Gasteiger partial charge in [0, 0.05) is 67.8 Å². The zero-order chi connectivity index (χ0) is 17.9. The zero-order valence-electron chi connectivity index (χ0n) is 15.4. The second kappa shape index (κ2) is 7.20. The van der Waals surface area contributed by atoms with Crippen LogP contribution in [0.3, 0.4) is 0 Å². The van der Waals surface area contributed by atoms with Crippen LogP contribution in [-0.2, 0) is 13.6 Å². The van der Waals surface area contributed by atoms with Gasteiger partial charge in [-0.25, -0.2) is 0 Å². The predicted molar refractivity (Wildman–Crippen MR) is 106 cm³/mol. The van der Waals surface area contributed by atoms with Crippen molar-refractivity contribution in [1.29, 1.82) is 0 Å². The summed E-state index contributed by atoms with van der Waals surface area (Å²) in [4.78, 5) is 6.71. The Kier molecular flexibility index (Phi) is 4.61. The van der Waals surface area contributed by atoms with Crippen LogP contribution in [0.2, 0.25) is 0 Å². The minimum Gasteiger partial charge on any atom is -0.381 e. The van der Waals surface area contributed by atoms with Gasteiger partial charge in [0.25, 0.3) is 0 Å². The monoisotopic (exact) mass is 347 g/mol. The summed E-state index contributed by atoms with van der Waals surface area (Å²) in [5.74, 6) is 0. The molecule has 134 valence electrons. The maximum absolute atomic E-state index is 4.62. The van der Waals surface area contributed by atoms with Gasteiger partial charge in [0.15, 0.2) is 0 Å². The molecule has 26 heavy (non-hydrogen) atoms. The van der Waals surface area contributed by atoms with E-state index < -0.39 is 0 Å². The fraction of sp³-hybridized carbons (Fsp3) is 0.333. The summed E-state index contributed by atoms with van der Waals surface area (Å²) in [6.07, 6.45) is 8.31. The summed E-state index contributed by atoms with van der Waals surface area (Å²) in [5.41, 5.74) is 7.05. The third kappa shape index (κ3) is 3.43. The molecule has 4 rings (SSSR count). The Morgan fingerprint density at radius 2 is 2.00 bits per heavy atom. The summed E-state index contributed by atoms with van der Waals surface area (Å²) < 4.78 is 1.87. The third-order valence-electron chi connectivity index (χ3n) is 4.98. The lowest BCUT2D eigenvalue weighted by molar-refractivity contribution is 0.770. The van der Waals surface area contributed by atoms with Gasteiger partial charge in [0.2, 0.25) is 0 Å². The lowest BCUT2D eigenvalue weighted by atomic mass is 10.1. The highest BCUT2D eigenvalue weighted by Crippen LogP contribution is 2.28. The number of aryl methyl sites for hydroxylation is 2. The smallest absolute Gasteiger partial charge is 0.0988 e. The number of hydrogen-bond donors (Lipinski definition) is 1. The molecule has 1 fully saturated rings. The average molecular weight is 347 g/mol. The van der Waals surface area contributed by atoms with E-state index in [1.165, 1.54) is 29.7 Å². The van der Waals surface area contributed by atoms with Crippen LogP contribution < -0.4 is 10.2 Å². The molecule has 1 aromatic carbocycles. The Morgan fingerprint density at radius 3 is 2.77 bits per heavy atom. The van der Waals surface area contributed by atoms with Crippen LogP contribution in [0.1, 0.15) is 24.0 Å². The van der Waals surface area contributed by atoms with Gasteiger partial charge in [-0.05, 0) is 49.6 Å². The highest BCUT2D eigenvalue weighted by Gasteiger charge is 2.15. The Morgan fingerprint density at radius 1 is 1.15 bits per heavy atom. The fourth-order valence-electron chi connectivity index (χ4n) is 3.63. The van der Waals surface area contributed by atoms with Gasteiger partial charge < -0.3 is 10.2 Å². The summed E-state index contributed by atoms with van der Waals surface area (Å²) in [6.45, 7) is 5.26. The summed E-state index contributed by atoms with van der Waals surface area (Å²) in [5, 5.41) is 8.19. The number of rotatable bonds is 5. The first-order valence-electron chi connectivity index (χ1n) is 9.23. The van der Waals surface area contributed by atoms with Crippen molar-refractivity contribution >= 4 is 11.4 Å². The lowest BCUT2D eigenvalue weighted by Crippen LogP contribution is -2.18. The molecule has 5 nitrogen and oxygen atoms in total. The molecule has 2 aromatic heterocycles. The third-order valence-corrected chi connectivity index (χ3v) is 4.98. The Labute approximate surface area is 154 Å². The molecule has 0 radical (unpaired) electrons. The molecule has 0 bridgehead atoms.